The predicted octanol–water partition coefficient (Wildman–Crippen LogP) is 3.86. The number of amides is 3. The van der Waals surface area contributed by atoms with E-state index in [1.54, 1.807) is 48.5 Å². The van der Waals surface area contributed by atoms with Crippen molar-refractivity contribution in [2.24, 2.45) is 5.92 Å². The van der Waals surface area contributed by atoms with Crippen molar-refractivity contribution in [1.29, 1.82) is 0 Å². The largest absolute Gasteiger partial charge is 0.496 e. The highest BCUT2D eigenvalue weighted by atomic mass is 79.9. The van der Waals surface area contributed by atoms with E-state index in [0.29, 0.717) is 21.3 Å². The van der Waals surface area contributed by atoms with Gasteiger partial charge in [-0.3, -0.25) is 19.4 Å². The van der Waals surface area contributed by atoms with Crippen LogP contribution in [0.4, 0.5) is 10.1 Å². The number of hydrogen-bond donors (Lipinski definition) is 1. The summed E-state index contributed by atoms with van der Waals surface area (Å²) in [5, 5.41) is 1.21. The third-order valence-electron chi connectivity index (χ3n) is 6.07. The zero-order valence-corrected chi connectivity index (χ0v) is 19.5. The Morgan fingerprint density at radius 2 is 1.76 bits per heavy atom. The zero-order valence-electron chi connectivity index (χ0n) is 17.9. The van der Waals surface area contributed by atoms with Gasteiger partial charge in [-0.1, -0.05) is 46.3 Å². The minimum Gasteiger partial charge on any atom is -0.496 e. The number of para-hydroxylation sites is 1. The Morgan fingerprint density at radius 3 is 2.50 bits per heavy atom. The molecule has 3 aromatic carbocycles. The molecule has 0 radical (unpaired) electrons. The number of nitrogens with zero attached hydrogens (tertiary/aromatic N) is 2. The normalized spacial score (nSPS) is 21.7. The van der Waals surface area contributed by atoms with E-state index in [9.17, 15) is 18.8 Å². The van der Waals surface area contributed by atoms with Gasteiger partial charge >= 0.3 is 0 Å². The summed E-state index contributed by atoms with van der Waals surface area (Å²) in [6.07, 6.45) is 0. The van der Waals surface area contributed by atoms with Crippen molar-refractivity contribution < 1.29 is 23.5 Å². The summed E-state index contributed by atoms with van der Waals surface area (Å²) in [6.45, 7) is 0. The van der Waals surface area contributed by atoms with Crippen LogP contribution in [0.2, 0.25) is 0 Å². The maximum absolute atomic E-state index is 13.9. The first-order chi connectivity index (χ1) is 16.4. The molecule has 2 aliphatic heterocycles. The molecule has 2 aliphatic rings. The molecule has 7 nitrogen and oxygen atoms in total. The number of imide groups is 1. The van der Waals surface area contributed by atoms with Crippen LogP contribution in [0.3, 0.4) is 0 Å². The molecule has 0 bridgehead atoms. The van der Waals surface area contributed by atoms with Gasteiger partial charge in [0.25, 0.3) is 11.8 Å². The van der Waals surface area contributed by atoms with Gasteiger partial charge in [-0.15, -0.1) is 0 Å². The van der Waals surface area contributed by atoms with Gasteiger partial charge in [-0.05, 0) is 42.5 Å². The molecule has 0 aromatic heterocycles. The lowest BCUT2D eigenvalue weighted by Crippen LogP contribution is -2.48. The Kier molecular flexibility index (Phi) is 5.66. The molecule has 2 saturated heterocycles. The van der Waals surface area contributed by atoms with E-state index in [-0.39, 0.29) is 5.69 Å². The summed E-state index contributed by atoms with van der Waals surface area (Å²) in [5.74, 6) is -2.57. The fourth-order valence-corrected chi connectivity index (χ4v) is 4.99. The van der Waals surface area contributed by atoms with Crippen LogP contribution < -0.4 is 15.1 Å². The number of halogens is 2. The van der Waals surface area contributed by atoms with E-state index >= 15 is 0 Å². The standard InChI is InChI=1S/C25H19BrFN3O4/c1-34-19-11-3-2-10-18(19)21-20-22(30(28-21)23(31)14-6-4-7-15(26)12-14)25(33)29(24(20)32)17-9-5-8-16(27)13-17/h2-13,20-22,28H,1H3/t20-,21-,22+/m0/s1. The van der Waals surface area contributed by atoms with Crippen LogP contribution in [-0.4, -0.2) is 35.9 Å². The van der Waals surface area contributed by atoms with Gasteiger partial charge in [0.15, 0.2) is 0 Å². The Balaban J connectivity index is 1.61. The van der Waals surface area contributed by atoms with Crippen molar-refractivity contribution in [1.82, 2.24) is 10.4 Å². The van der Waals surface area contributed by atoms with Gasteiger partial charge in [-0.25, -0.2) is 14.7 Å². The molecule has 0 saturated carbocycles. The van der Waals surface area contributed by atoms with Crippen molar-refractivity contribution in [3.05, 3.63) is 94.2 Å². The molecule has 0 spiro atoms. The highest BCUT2D eigenvalue weighted by Gasteiger charge is 2.60. The number of carbonyl (C=O) groups is 3. The van der Waals surface area contributed by atoms with Crippen molar-refractivity contribution in [3.63, 3.8) is 0 Å². The Hall–Kier alpha value is -3.56. The van der Waals surface area contributed by atoms with Gasteiger partial charge < -0.3 is 4.74 Å². The monoisotopic (exact) mass is 523 g/mol. The van der Waals surface area contributed by atoms with Gasteiger partial charge in [-0.2, -0.15) is 0 Å². The average molecular weight is 524 g/mol. The number of nitrogens with one attached hydrogen (secondary N) is 1. The van der Waals surface area contributed by atoms with E-state index < -0.39 is 41.5 Å². The lowest BCUT2D eigenvalue weighted by Gasteiger charge is -2.25. The van der Waals surface area contributed by atoms with Crippen LogP contribution in [0, 0.1) is 11.7 Å². The van der Waals surface area contributed by atoms with E-state index in [2.05, 4.69) is 21.4 Å². The fraction of sp³-hybridized carbons (Fsp3) is 0.160. The molecule has 0 aliphatic carbocycles. The number of hydrogen-bond acceptors (Lipinski definition) is 5. The molecular formula is C25H19BrFN3O4. The predicted molar refractivity (Wildman–Crippen MR) is 125 cm³/mol. The van der Waals surface area contributed by atoms with E-state index in [1.165, 1.54) is 30.3 Å². The lowest BCUT2D eigenvalue weighted by molar-refractivity contribution is -0.123. The molecule has 3 amide bonds. The molecule has 3 aromatic rings. The van der Waals surface area contributed by atoms with Crippen LogP contribution >= 0.6 is 15.9 Å². The fourth-order valence-electron chi connectivity index (χ4n) is 4.59. The first-order valence-corrected chi connectivity index (χ1v) is 11.3. The van der Waals surface area contributed by atoms with Gasteiger partial charge in [0.1, 0.15) is 17.6 Å². The van der Waals surface area contributed by atoms with Crippen molar-refractivity contribution in [2.45, 2.75) is 12.1 Å². The molecule has 172 valence electrons. The Morgan fingerprint density at radius 1 is 1.00 bits per heavy atom. The van der Waals surface area contributed by atoms with E-state index in [0.717, 1.165) is 11.0 Å². The van der Waals surface area contributed by atoms with Crippen LogP contribution in [0.1, 0.15) is 22.0 Å². The molecule has 2 heterocycles. The molecule has 9 heteroatoms. The van der Waals surface area contributed by atoms with Crippen LogP contribution in [0.5, 0.6) is 5.75 Å². The number of benzene rings is 3. The van der Waals surface area contributed by atoms with Crippen LogP contribution in [0.15, 0.2) is 77.3 Å². The summed E-state index contributed by atoms with van der Waals surface area (Å²) in [7, 11) is 1.51. The van der Waals surface area contributed by atoms with E-state index in [4.69, 9.17) is 4.74 Å². The average Bonchev–Trinajstić information content (AvgIpc) is 3.35. The number of hydrazine groups is 1. The van der Waals surface area contributed by atoms with Crippen molar-refractivity contribution in [3.8, 4) is 5.75 Å². The molecule has 5 rings (SSSR count). The van der Waals surface area contributed by atoms with Crippen LogP contribution in [0.25, 0.3) is 0 Å². The molecule has 2 fully saturated rings. The first kappa shape index (κ1) is 22.2. The number of anilines is 1. The summed E-state index contributed by atoms with van der Waals surface area (Å²) in [6, 6.07) is 17.3. The Bertz CT molecular complexity index is 1320. The maximum Gasteiger partial charge on any atom is 0.268 e. The third kappa shape index (κ3) is 3.57. The Labute approximate surface area is 203 Å². The molecular weight excluding hydrogens is 505 g/mol. The molecule has 34 heavy (non-hydrogen) atoms. The minimum absolute atomic E-state index is 0.123. The van der Waals surface area contributed by atoms with Gasteiger partial charge in [0, 0.05) is 15.6 Å². The summed E-state index contributed by atoms with van der Waals surface area (Å²) in [5.41, 5.74) is 4.19. The smallest absolute Gasteiger partial charge is 0.268 e. The third-order valence-corrected chi connectivity index (χ3v) is 6.56. The topological polar surface area (TPSA) is 79.0 Å². The molecule has 1 N–H and O–H groups in total. The maximum atomic E-state index is 13.9. The van der Waals surface area contributed by atoms with Crippen LogP contribution in [-0.2, 0) is 9.59 Å². The second kappa shape index (κ2) is 8.66. The van der Waals surface area contributed by atoms with Gasteiger partial charge in [0.05, 0.1) is 24.8 Å². The lowest BCUT2D eigenvalue weighted by atomic mass is 9.90. The molecule has 0 unspecified atom stereocenters. The van der Waals surface area contributed by atoms with Crippen molar-refractivity contribution >= 4 is 39.3 Å². The summed E-state index contributed by atoms with van der Waals surface area (Å²) >= 11 is 3.36. The second-order valence-electron chi connectivity index (χ2n) is 8.00. The zero-order chi connectivity index (χ0) is 24.0. The minimum atomic E-state index is -1.11. The number of methoxy groups -OCH3 is 1. The van der Waals surface area contributed by atoms with E-state index in [1.807, 2.05) is 0 Å². The highest BCUT2D eigenvalue weighted by Crippen LogP contribution is 2.44. The SMILES string of the molecule is COc1ccccc1[C@@H]1NN(C(=O)c2cccc(Br)c2)[C@H]2C(=O)N(c3cccc(F)c3)C(=O)[C@@H]12. The van der Waals surface area contributed by atoms with Gasteiger partial charge in [0.2, 0.25) is 5.91 Å². The number of fused-ring (bicyclic) bond motifs is 1. The second-order valence-corrected chi connectivity index (χ2v) is 8.91. The highest BCUT2D eigenvalue weighted by molar-refractivity contribution is 9.10. The number of ether oxygens (including phenoxy) is 1. The quantitative estimate of drug-likeness (QED) is 0.525. The summed E-state index contributed by atoms with van der Waals surface area (Å²) < 4.78 is 20.1. The van der Waals surface area contributed by atoms with Crippen molar-refractivity contribution in [2.75, 3.05) is 12.0 Å². The number of carbonyl (C=O) groups excluding carboxylic acids is 3. The summed E-state index contributed by atoms with van der Waals surface area (Å²) in [4.78, 5) is 41.6. The number of rotatable bonds is 4. The first-order valence-electron chi connectivity index (χ1n) is 10.5. The molecule has 3 atom stereocenters.